The maximum Gasteiger partial charge on any atom is 0.0315 e. The second-order valence-corrected chi connectivity index (χ2v) is 8.15. The van der Waals surface area contributed by atoms with Gasteiger partial charge >= 0.3 is 0 Å². The molecule has 2 aliphatic carbocycles. The lowest BCUT2D eigenvalue weighted by molar-refractivity contribution is 0.268. The van der Waals surface area contributed by atoms with Crippen LogP contribution in [0.15, 0.2) is 0 Å². The minimum Gasteiger partial charge on any atom is -0.329 e. The van der Waals surface area contributed by atoms with Crippen LogP contribution in [0.1, 0.15) is 51.4 Å². The van der Waals surface area contributed by atoms with Gasteiger partial charge in [-0.25, -0.2) is 0 Å². The van der Waals surface area contributed by atoms with Crippen molar-refractivity contribution in [3.8, 4) is 0 Å². The molecule has 0 aromatic rings. The third kappa shape index (κ3) is 6.15. The van der Waals surface area contributed by atoms with E-state index in [1.807, 2.05) is 0 Å². The van der Waals surface area contributed by atoms with Gasteiger partial charge in [0.05, 0.1) is 0 Å². The molecule has 0 spiro atoms. The van der Waals surface area contributed by atoms with E-state index in [0.29, 0.717) is 36.8 Å². The number of fused-ring (bicyclic) bond motifs is 2. The number of rotatable bonds is 1. The molecule has 0 aromatic carbocycles. The van der Waals surface area contributed by atoms with Crippen LogP contribution in [0.25, 0.3) is 0 Å². The van der Waals surface area contributed by atoms with Gasteiger partial charge in [-0.3, -0.25) is 0 Å². The van der Waals surface area contributed by atoms with E-state index in [1.165, 1.54) is 51.4 Å². The predicted molar refractivity (Wildman–Crippen MR) is 105 cm³/mol. The first-order chi connectivity index (χ1) is 12.4. The normalized spacial score (nSPS) is 39.5. The molecule has 7 N–H and O–H groups in total. The average molecular weight is 353 g/mol. The smallest absolute Gasteiger partial charge is 0.0315 e. The maximum absolute atomic E-state index is 5.99. The molecule has 5 atom stereocenters. The molecule has 1 saturated heterocycles. The van der Waals surface area contributed by atoms with Crippen molar-refractivity contribution in [3.63, 3.8) is 0 Å². The molecular formula is C19H40N6. The van der Waals surface area contributed by atoms with E-state index in [9.17, 15) is 0 Å². The zero-order chi connectivity index (χ0) is 17.3. The lowest BCUT2D eigenvalue weighted by atomic mass is 9.89. The average Bonchev–Trinajstić information content (AvgIpc) is 2.66. The van der Waals surface area contributed by atoms with Crippen molar-refractivity contribution in [2.45, 2.75) is 81.6 Å². The van der Waals surface area contributed by atoms with Crippen molar-refractivity contribution in [2.24, 2.45) is 5.73 Å². The largest absolute Gasteiger partial charge is 0.329 e. The lowest BCUT2D eigenvalue weighted by Gasteiger charge is -2.35. The number of hydrogen-bond acceptors (Lipinski definition) is 6. The Bertz CT molecular complexity index is 366. The van der Waals surface area contributed by atoms with Gasteiger partial charge in [-0.15, -0.1) is 0 Å². The van der Waals surface area contributed by atoms with Crippen LogP contribution in [0, 0.1) is 0 Å². The molecule has 25 heavy (non-hydrogen) atoms. The molecule has 0 bridgehead atoms. The van der Waals surface area contributed by atoms with Crippen LogP contribution < -0.4 is 32.3 Å². The summed E-state index contributed by atoms with van der Waals surface area (Å²) < 4.78 is 0. The third-order valence-electron chi connectivity index (χ3n) is 6.35. The summed E-state index contributed by atoms with van der Waals surface area (Å²) in [5.74, 6) is 0. The van der Waals surface area contributed by atoms with Gasteiger partial charge in [-0.05, 0) is 25.7 Å². The summed E-state index contributed by atoms with van der Waals surface area (Å²) in [5.41, 5.74) is 5.99. The van der Waals surface area contributed by atoms with E-state index in [4.69, 9.17) is 5.73 Å². The van der Waals surface area contributed by atoms with Crippen LogP contribution in [0.2, 0.25) is 0 Å². The van der Waals surface area contributed by atoms with Gasteiger partial charge in [0, 0.05) is 69.5 Å². The highest BCUT2D eigenvalue weighted by atomic mass is 15.1. The van der Waals surface area contributed by atoms with Crippen molar-refractivity contribution in [3.05, 3.63) is 0 Å². The molecule has 0 amide bonds. The zero-order valence-corrected chi connectivity index (χ0v) is 15.9. The van der Waals surface area contributed by atoms with Gasteiger partial charge < -0.3 is 32.3 Å². The van der Waals surface area contributed by atoms with Crippen molar-refractivity contribution in [1.82, 2.24) is 26.6 Å². The van der Waals surface area contributed by atoms with Gasteiger partial charge in [-0.1, -0.05) is 25.7 Å². The van der Waals surface area contributed by atoms with Crippen LogP contribution >= 0.6 is 0 Å². The molecule has 1 heterocycles. The minimum absolute atomic E-state index is 0.370. The lowest BCUT2D eigenvalue weighted by Crippen LogP contribution is -2.55. The molecule has 146 valence electrons. The molecule has 3 aliphatic rings. The first-order valence-corrected chi connectivity index (χ1v) is 10.7. The third-order valence-corrected chi connectivity index (χ3v) is 6.35. The second kappa shape index (κ2) is 10.8. The van der Waals surface area contributed by atoms with Crippen molar-refractivity contribution < 1.29 is 0 Å². The molecule has 3 rings (SSSR count). The highest BCUT2D eigenvalue weighted by Gasteiger charge is 2.26. The molecular weight excluding hydrogens is 312 g/mol. The summed E-state index contributed by atoms with van der Waals surface area (Å²) in [6.45, 7) is 5.86. The fraction of sp³-hybridized carbons (Fsp3) is 1.00. The predicted octanol–water partition coefficient (Wildman–Crippen LogP) is -0.102. The molecule has 5 unspecified atom stereocenters. The molecule has 0 aromatic heterocycles. The van der Waals surface area contributed by atoms with E-state index >= 15 is 0 Å². The van der Waals surface area contributed by atoms with Gasteiger partial charge in [0.25, 0.3) is 0 Å². The first-order valence-electron chi connectivity index (χ1n) is 10.7. The monoisotopic (exact) mass is 352 g/mol. The zero-order valence-electron chi connectivity index (χ0n) is 15.9. The van der Waals surface area contributed by atoms with Gasteiger partial charge in [0.15, 0.2) is 0 Å². The Labute approximate surface area is 153 Å². The fourth-order valence-corrected chi connectivity index (χ4v) is 4.82. The topological polar surface area (TPSA) is 86.2 Å². The van der Waals surface area contributed by atoms with Gasteiger partial charge in [0.1, 0.15) is 0 Å². The number of hydrogen-bond donors (Lipinski definition) is 6. The highest BCUT2D eigenvalue weighted by molar-refractivity contribution is 4.90. The number of nitrogens with two attached hydrogens (primary N) is 1. The summed E-state index contributed by atoms with van der Waals surface area (Å²) in [4.78, 5) is 0. The summed E-state index contributed by atoms with van der Waals surface area (Å²) in [5, 5.41) is 18.9. The molecule has 6 heteroatoms. The summed E-state index contributed by atoms with van der Waals surface area (Å²) in [7, 11) is 0. The summed E-state index contributed by atoms with van der Waals surface area (Å²) in [6, 6.07) is 2.83. The van der Waals surface area contributed by atoms with Crippen molar-refractivity contribution in [1.29, 1.82) is 0 Å². The van der Waals surface area contributed by atoms with Crippen molar-refractivity contribution in [2.75, 3.05) is 39.3 Å². The summed E-state index contributed by atoms with van der Waals surface area (Å²) >= 11 is 0. The SMILES string of the molecule is NCC1CNC2CCCCC2NCCNC2CCCCC2NCCN1. The Kier molecular flexibility index (Phi) is 8.43. The highest BCUT2D eigenvalue weighted by Crippen LogP contribution is 2.19. The first kappa shape index (κ1) is 19.5. The van der Waals surface area contributed by atoms with E-state index < -0.39 is 0 Å². The Hall–Kier alpha value is -0.240. The minimum atomic E-state index is 0.370. The molecule has 6 nitrogen and oxygen atoms in total. The standard InChI is InChI=1S/C19H40N6/c20-13-15-14-25-19-8-4-3-7-18(19)24-12-11-23-17-6-2-1-5-16(17)22-10-9-21-15/h15-19,21-25H,1-14,20H2. The van der Waals surface area contributed by atoms with Crippen LogP contribution in [-0.4, -0.2) is 69.5 Å². The van der Waals surface area contributed by atoms with E-state index in [-0.39, 0.29) is 0 Å². The van der Waals surface area contributed by atoms with E-state index in [0.717, 1.165) is 32.7 Å². The van der Waals surface area contributed by atoms with Gasteiger partial charge in [-0.2, -0.15) is 0 Å². The summed E-state index contributed by atoms with van der Waals surface area (Å²) in [6.07, 6.45) is 10.6. The van der Waals surface area contributed by atoms with Crippen LogP contribution in [-0.2, 0) is 0 Å². The Morgan fingerprint density at radius 3 is 1.40 bits per heavy atom. The fourth-order valence-electron chi connectivity index (χ4n) is 4.82. The Balaban J connectivity index is 1.57. The van der Waals surface area contributed by atoms with Crippen LogP contribution in [0.3, 0.4) is 0 Å². The van der Waals surface area contributed by atoms with Crippen molar-refractivity contribution >= 4 is 0 Å². The Morgan fingerprint density at radius 2 is 0.960 bits per heavy atom. The van der Waals surface area contributed by atoms with Crippen LogP contribution in [0.4, 0.5) is 0 Å². The second-order valence-electron chi connectivity index (χ2n) is 8.15. The van der Waals surface area contributed by atoms with E-state index in [1.54, 1.807) is 0 Å². The Morgan fingerprint density at radius 1 is 0.560 bits per heavy atom. The molecule has 0 radical (unpaired) electrons. The van der Waals surface area contributed by atoms with E-state index in [2.05, 4.69) is 26.6 Å². The van der Waals surface area contributed by atoms with Gasteiger partial charge in [0.2, 0.25) is 0 Å². The molecule has 3 fully saturated rings. The maximum atomic E-state index is 5.99. The van der Waals surface area contributed by atoms with Crippen LogP contribution in [0.5, 0.6) is 0 Å². The quantitative estimate of drug-likeness (QED) is 0.395. The molecule has 1 aliphatic heterocycles. The molecule has 2 saturated carbocycles. The number of nitrogens with one attached hydrogen (secondary N) is 5.